The molecule has 1 aliphatic heterocycles. The smallest absolute Gasteiger partial charge is 0.241 e. The highest BCUT2D eigenvalue weighted by Crippen LogP contribution is 2.16. The van der Waals surface area contributed by atoms with E-state index in [0.717, 1.165) is 13.1 Å². The first-order chi connectivity index (χ1) is 6.82. The number of hydrogen-bond acceptors (Lipinski definition) is 3. The van der Waals surface area contributed by atoms with Gasteiger partial charge in [0.15, 0.2) is 0 Å². The number of amides is 1. The molecule has 1 atom stereocenters. The molecule has 0 aliphatic carbocycles. The predicted octanol–water partition coefficient (Wildman–Crippen LogP) is 0.276. The minimum atomic E-state index is -0.758. The van der Waals surface area contributed by atoms with Crippen LogP contribution in [0.25, 0.3) is 0 Å². The van der Waals surface area contributed by atoms with Crippen molar-refractivity contribution in [2.45, 2.75) is 38.3 Å². The van der Waals surface area contributed by atoms with Crippen molar-refractivity contribution < 1.29 is 4.79 Å². The molecule has 0 aromatic heterocycles. The fraction of sp³-hybridized carbons (Fsp3) is 0.909. The summed E-state index contributed by atoms with van der Waals surface area (Å²) >= 11 is 0. The third-order valence-corrected chi connectivity index (χ3v) is 3.05. The second kappa shape index (κ2) is 4.49. The average Bonchev–Trinajstić information content (AvgIpc) is 2.49. The molecule has 0 bridgehead atoms. The first-order valence-corrected chi connectivity index (χ1v) is 5.57. The Morgan fingerprint density at radius 2 is 2.20 bits per heavy atom. The maximum absolute atomic E-state index is 11.8. The van der Waals surface area contributed by atoms with Gasteiger partial charge in [-0.05, 0) is 40.3 Å². The molecule has 15 heavy (non-hydrogen) atoms. The van der Waals surface area contributed by atoms with Gasteiger partial charge < -0.3 is 15.5 Å². The summed E-state index contributed by atoms with van der Waals surface area (Å²) in [6, 6.07) is 0.501. The molecule has 1 rings (SSSR count). The Morgan fingerprint density at radius 3 is 2.60 bits per heavy atom. The summed E-state index contributed by atoms with van der Waals surface area (Å²) in [5, 5.41) is 0. The van der Waals surface area contributed by atoms with Crippen LogP contribution in [0.1, 0.15) is 26.7 Å². The molecule has 1 heterocycles. The number of carbonyl (C=O) groups is 1. The molecule has 1 unspecified atom stereocenters. The number of likely N-dealkylation sites (tertiary alicyclic amines) is 1. The van der Waals surface area contributed by atoms with Crippen LogP contribution in [-0.4, -0.2) is 54.5 Å². The van der Waals surface area contributed by atoms with E-state index in [2.05, 4.69) is 11.9 Å². The standard InChI is InChI=1S/C11H23N3O/c1-11(2,12)10(15)14(4)8-9-6-5-7-13(9)3/h9H,5-8,12H2,1-4H3. The zero-order valence-electron chi connectivity index (χ0n) is 10.3. The largest absolute Gasteiger partial charge is 0.343 e. The van der Waals surface area contributed by atoms with Crippen molar-refractivity contribution in [2.24, 2.45) is 5.73 Å². The van der Waals surface area contributed by atoms with Gasteiger partial charge in [0, 0.05) is 19.6 Å². The van der Waals surface area contributed by atoms with Gasteiger partial charge in [0.2, 0.25) is 5.91 Å². The maximum atomic E-state index is 11.8. The van der Waals surface area contributed by atoms with Crippen LogP contribution >= 0.6 is 0 Å². The van der Waals surface area contributed by atoms with Crippen LogP contribution in [0.5, 0.6) is 0 Å². The monoisotopic (exact) mass is 213 g/mol. The molecule has 1 saturated heterocycles. The summed E-state index contributed by atoms with van der Waals surface area (Å²) in [5.41, 5.74) is 5.03. The molecule has 0 aromatic carbocycles. The fourth-order valence-corrected chi connectivity index (χ4v) is 2.10. The maximum Gasteiger partial charge on any atom is 0.241 e. The molecule has 0 aromatic rings. The van der Waals surface area contributed by atoms with E-state index in [1.54, 1.807) is 18.7 Å². The Morgan fingerprint density at radius 1 is 1.60 bits per heavy atom. The third-order valence-electron chi connectivity index (χ3n) is 3.05. The minimum absolute atomic E-state index is 0.0165. The van der Waals surface area contributed by atoms with E-state index in [0.29, 0.717) is 6.04 Å². The summed E-state index contributed by atoms with van der Waals surface area (Å²) in [7, 11) is 3.95. The van der Waals surface area contributed by atoms with E-state index in [1.807, 2.05) is 7.05 Å². The van der Waals surface area contributed by atoms with Crippen LogP contribution in [0.4, 0.5) is 0 Å². The highest BCUT2D eigenvalue weighted by Gasteiger charge is 2.29. The molecule has 0 saturated carbocycles. The van der Waals surface area contributed by atoms with Crippen LogP contribution in [0, 0.1) is 0 Å². The Hall–Kier alpha value is -0.610. The molecule has 4 heteroatoms. The summed E-state index contributed by atoms with van der Waals surface area (Å²) in [6.45, 7) is 5.43. The van der Waals surface area contributed by atoms with Gasteiger partial charge in [-0.1, -0.05) is 0 Å². The second-order valence-electron chi connectivity index (χ2n) is 5.18. The summed E-state index contributed by atoms with van der Waals surface area (Å²) in [6.07, 6.45) is 2.41. The fourth-order valence-electron chi connectivity index (χ4n) is 2.10. The number of nitrogens with zero attached hydrogens (tertiary/aromatic N) is 2. The lowest BCUT2D eigenvalue weighted by molar-refractivity contribution is -0.135. The Bertz CT molecular complexity index is 234. The lowest BCUT2D eigenvalue weighted by atomic mass is 10.1. The second-order valence-corrected chi connectivity index (χ2v) is 5.18. The highest BCUT2D eigenvalue weighted by atomic mass is 16.2. The zero-order valence-corrected chi connectivity index (χ0v) is 10.3. The van der Waals surface area contributed by atoms with Crippen molar-refractivity contribution in [1.29, 1.82) is 0 Å². The Labute approximate surface area is 92.4 Å². The van der Waals surface area contributed by atoms with Gasteiger partial charge in [-0.3, -0.25) is 4.79 Å². The topological polar surface area (TPSA) is 49.6 Å². The molecular weight excluding hydrogens is 190 g/mol. The number of nitrogens with two attached hydrogens (primary N) is 1. The van der Waals surface area contributed by atoms with Crippen molar-refractivity contribution in [3.8, 4) is 0 Å². The van der Waals surface area contributed by atoms with Gasteiger partial charge >= 0.3 is 0 Å². The summed E-state index contributed by atoms with van der Waals surface area (Å²) < 4.78 is 0. The van der Waals surface area contributed by atoms with E-state index in [-0.39, 0.29) is 5.91 Å². The summed E-state index contributed by atoms with van der Waals surface area (Å²) in [5.74, 6) is 0.0165. The Kier molecular flexibility index (Phi) is 3.73. The van der Waals surface area contributed by atoms with Crippen LogP contribution < -0.4 is 5.73 Å². The first kappa shape index (κ1) is 12.5. The molecule has 4 nitrogen and oxygen atoms in total. The van der Waals surface area contributed by atoms with E-state index in [1.165, 1.54) is 12.8 Å². The molecule has 2 N–H and O–H groups in total. The van der Waals surface area contributed by atoms with Gasteiger partial charge in [-0.25, -0.2) is 0 Å². The highest BCUT2D eigenvalue weighted by molar-refractivity contribution is 5.84. The van der Waals surface area contributed by atoms with E-state index in [4.69, 9.17) is 5.73 Å². The normalized spacial score (nSPS) is 23.1. The Balaban J connectivity index is 2.48. The molecule has 1 fully saturated rings. The van der Waals surface area contributed by atoms with Crippen molar-refractivity contribution in [3.63, 3.8) is 0 Å². The number of hydrogen-bond donors (Lipinski definition) is 1. The van der Waals surface area contributed by atoms with Gasteiger partial charge in [0.25, 0.3) is 0 Å². The van der Waals surface area contributed by atoms with Gasteiger partial charge in [-0.2, -0.15) is 0 Å². The average molecular weight is 213 g/mol. The molecule has 0 radical (unpaired) electrons. The lowest BCUT2D eigenvalue weighted by Gasteiger charge is -2.30. The van der Waals surface area contributed by atoms with Crippen molar-refractivity contribution in [1.82, 2.24) is 9.80 Å². The number of rotatable bonds is 3. The minimum Gasteiger partial charge on any atom is -0.343 e. The molecule has 88 valence electrons. The molecular formula is C11H23N3O. The van der Waals surface area contributed by atoms with Crippen LogP contribution in [0.2, 0.25) is 0 Å². The lowest BCUT2D eigenvalue weighted by Crippen LogP contribution is -2.52. The van der Waals surface area contributed by atoms with Crippen LogP contribution in [0.15, 0.2) is 0 Å². The van der Waals surface area contributed by atoms with E-state index >= 15 is 0 Å². The molecule has 0 spiro atoms. The van der Waals surface area contributed by atoms with Crippen molar-refractivity contribution in [2.75, 3.05) is 27.2 Å². The van der Waals surface area contributed by atoms with E-state index < -0.39 is 5.54 Å². The van der Waals surface area contributed by atoms with Crippen molar-refractivity contribution in [3.05, 3.63) is 0 Å². The van der Waals surface area contributed by atoms with Crippen molar-refractivity contribution >= 4 is 5.91 Å². The van der Waals surface area contributed by atoms with E-state index in [9.17, 15) is 4.79 Å². The van der Waals surface area contributed by atoms with Crippen LogP contribution in [-0.2, 0) is 4.79 Å². The quantitative estimate of drug-likeness (QED) is 0.732. The zero-order chi connectivity index (χ0) is 11.6. The third kappa shape index (κ3) is 3.18. The van der Waals surface area contributed by atoms with Gasteiger partial charge in [0.1, 0.15) is 0 Å². The molecule has 1 aliphatic rings. The van der Waals surface area contributed by atoms with Gasteiger partial charge in [0.05, 0.1) is 5.54 Å². The number of carbonyl (C=O) groups excluding carboxylic acids is 1. The van der Waals surface area contributed by atoms with Crippen LogP contribution in [0.3, 0.4) is 0 Å². The van der Waals surface area contributed by atoms with Gasteiger partial charge in [-0.15, -0.1) is 0 Å². The SMILES string of the molecule is CN(CC1CCCN1C)C(=O)C(C)(C)N. The number of likely N-dealkylation sites (N-methyl/N-ethyl adjacent to an activating group) is 2. The summed E-state index contributed by atoms with van der Waals surface area (Å²) in [4.78, 5) is 15.9. The molecule has 1 amide bonds. The first-order valence-electron chi connectivity index (χ1n) is 5.57. The predicted molar refractivity (Wildman–Crippen MR) is 61.6 cm³/mol.